The number of aromatic nitrogens is 1. The highest BCUT2D eigenvalue weighted by atomic mass is 32.1. The molecule has 1 aromatic heterocycles. The Labute approximate surface area is 162 Å². The first kappa shape index (κ1) is 19.0. The van der Waals surface area contributed by atoms with E-state index in [0.717, 1.165) is 22.0 Å². The smallest absolute Gasteiger partial charge is 0.226 e. The molecule has 1 amide bonds. The van der Waals surface area contributed by atoms with Gasteiger partial charge in [0.1, 0.15) is 23.2 Å². The van der Waals surface area contributed by atoms with Crippen molar-refractivity contribution in [3.8, 4) is 5.75 Å². The lowest BCUT2D eigenvalue weighted by Crippen LogP contribution is -2.27. The molecule has 0 fully saturated rings. The van der Waals surface area contributed by atoms with E-state index in [9.17, 15) is 9.18 Å². The third kappa shape index (κ3) is 6.18. The first-order valence-electron chi connectivity index (χ1n) is 8.72. The molecule has 0 saturated heterocycles. The third-order valence-electron chi connectivity index (χ3n) is 3.95. The molecule has 0 bridgehead atoms. The number of hydrogen-bond donors (Lipinski definition) is 1. The molecule has 0 saturated carbocycles. The summed E-state index contributed by atoms with van der Waals surface area (Å²) >= 11 is 1.48. The van der Waals surface area contributed by atoms with Crippen LogP contribution in [-0.2, 0) is 24.2 Å². The van der Waals surface area contributed by atoms with E-state index in [0.29, 0.717) is 19.6 Å². The number of ether oxygens (including phenoxy) is 1. The van der Waals surface area contributed by atoms with Crippen LogP contribution in [0.2, 0.25) is 0 Å². The minimum absolute atomic E-state index is 0.0947. The van der Waals surface area contributed by atoms with Gasteiger partial charge in [0, 0.05) is 11.9 Å². The highest BCUT2D eigenvalue weighted by Gasteiger charge is 2.08. The van der Waals surface area contributed by atoms with E-state index in [1.165, 1.54) is 29.0 Å². The number of hydrogen-bond acceptors (Lipinski definition) is 4. The number of halogens is 1. The Hall–Kier alpha value is -2.73. The number of nitrogens with one attached hydrogen (secondary N) is 1. The van der Waals surface area contributed by atoms with E-state index in [4.69, 9.17) is 4.74 Å². The number of rotatable bonds is 8. The van der Waals surface area contributed by atoms with Gasteiger partial charge in [-0.25, -0.2) is 9.37 Å². The molecule has 2 aromatic carbocycles. The Morgan fingerprint density at radius 1 is 1.22 bits per heavy atom. The molecule has 6 heteroatoms. The van der Waals surface area contributed by atoms with Gasteiger partial charge in [-0.15, -0.1) is 11.3 Å². The number of carbonyl (C=O) groups excluding carboxylic acids is 1. The van der Waals surface area contributed by atoms with Gasteiger partial charge in [-0.1, -0.05) is 29.8 Å². The highest BCUT2D eigenvalue weighted by Crippen LogP contribution is 2.16. The average molecular weight is 384 g/mol. The largest absolute Gasteiger partial charge is 0.486 e. The van der Waals surface area contributed by atoms with E-state index >= 15 is 0 Å². The van der Waals surface area contributed by atoms with Crippen molar-refractivity contribution in [2.24, 2.45) is 0 Å². The molecule has 140 valence electrons. The summed E-state index contributed by atoms with van der Waals surface area (Å²) in [6.07, 6.45) is 0.820. The molecule has 0 aliphatic carbocycles. The quantitative estimate of drug-likeness (QED) is 0.637. The minimum Gasteiger partial charge on any atom is -0.486 e. The van der Waals surface area contributed by atoms with Crippen LogP contribution in [0.3, 0.4) is 0 Å². The fourth-order valence-corrected chi connectivity index (χ4v) is 3.25. The van der Waals surface area contributed by atoms with Gasteiger partial charge in [-0.2, -0.15) is 0 Å². The summed E-state index contributed by atoms with van der Waals surface area (Å²) < 4.78 is 18.8. The zero-order chi connectivity index (χ0) is 19.1. The SMILES string of the molecule is Cc1ccc(OCc2nc(CC(=O)NCCc3cccc(F)c3)cs2)cc1. The maximum Gasteiger partial charge on any atom is 0.226 e. The zero-order valence-corrected chi connectivity index (χ0v) is 15.9. The molecule has 0 aliphatic heterocycles. The molecular formula is C21H21FN2O2S. The van der Waals surface area contributed by atoms with Crippen molar-refractivity contribution in [2.45, 2.75) is 26.4 Å². The molecule has 0 aliphatic rings. The summed E-state index contributed by atoms with van der Waals surface area (Å²) in [5, 5.41) is 5.55. The molecule has 0 spiro atoms. The lowest BCUT2D eigenvalue weighted by molar-refractivity contribution is -0.120. The van der Waals surface area contributed by atoms with Crippen molar-refractivity contribution in [2.75, 3.05) is 6.54 Å². The summed E-state index contributed by atoms with van der Waals surface area (Å²) in [7, 11) is 0. The first-order valence-corrected chi connectivity index (χ1v) is 9.60. The van der Waals surface area contributed by atoms with Crippen molar-refractivity contribution in [1.82, 2.24) is 10.3 Å². The lowest BCUT2D eigenvalue weighted by Gasteiger charge is -2.05. The van der Waals surface area contributed by atoms with Crippen LogP contribution in [0.1, 0.15) is 21.8 Å². The molecule has 1 heterocycles. The summed E-state index contributed by atoms with van der Waals surface area (Å²) in [6.45, 7) is 2.88. The molecule has 4 nitrogen and oxygen atoms in total. The van der Waals surface area contributed by atoms with E-state index in [1.54, 1.807) is 6.07 Å². The molecule has 0 radical (unpaired) electrons. The fourth-order valence-electron chi connectivity index (χ4n) is 2.54. The monoisotopic (exact) mass is 384 g/mol. The Bertz CT molecular complexity index is 893. The predicted octanol–water partition coefficient (Wildman–Crippen LogP) is 4.07. The molecule has 3 aromatic rings. The predicted molar refractivity (Wildman–Crippen MR) is 104 cm³/mol. The van der Waals surface area contributed by atoms with Crippen molar-refractivity contribution < 1.29 is 13.9 Å². The van der Waals surface area contributed by atoms with Crippen molar-refractivity contribution in [3.63, 3.8) is 0 Å². The Kier molecular flexibility index (Phi) is 6.54. The van der Waals surface area contributed by atoms with Gasteiger partial charge in [-0.3, -0.25) is 4.79 Å². The number of amides is 1. The minimum atomic E-state index is -0.262. The van der Waals surface area contributed by atoms with Gasteiger partial charge in [0.2, 0.25) is 5.91 Å². The Balaban J connectivity index is 1.41. The van der Waals surface area contributed by atoms with E-state index in [1.807, 2.05) is 42.6 Å². The van der Waals surface area contributed by atoms with Gasteiger partial charge in [0.25, 0.3) is 0 Å². The van der Waals surface area contributed by atoms with Crippen LogP contribution in [0.5, 0.6) is 5.75 Å². The number of benzene rings is 2. The number of aryl methyl sites for hydroxylation is 1. The van der Waals surface area contributed by atoms with Gasteiger partial charge >= 0.3 is 0 Å². The third-order valence-corrected chi connectivity index (χ3v) is 4.82. The molecule has 0 unspecified atom stereocenters. The molecule has 3 rings (SSSR count). The summed E-state index contributed by atoms with van der Waals surface area (Å²) in [6, 6.07) is 14.2. The second-order valence-corrected chi connectivity index (χ2v) is 7.18. The van der Waals surface area contributed by atoms with Crippen LogP contribution in [-0.4, -0.2) is 17.4 Å². The van der Waals surface area contributed by atoms with Crippen molar-refractivity contribution in [1.29, 1.82) is 0 Å². The van der Waals surface area contributed by atoms with Crippen LogP contribution in [0, 0.1) is 12.7 Å². The van der Waals surface area contributed by atoms with Crippen LogP contribution >= 0.6 is 11.3 Å². The summed E-state index contributed by atoms with van der Waals surface area (Å²) in [5.41, 5.74) is 2.77. The van der Waals surface area contributed by atoms with Crippen molar-refractivity contribution >= 4 is 17.2 Å². The molecule has 0 atom stereocenters. The van der Waals surface area contributed by atoms with Crippen LogP contribution < -0.4 is 10.1 Å². The fraction of sp³-hybridized carbons (Fsp3) is 0.238. The van der Waals surface area contributed by atoms with E-state index < -0.39 is 0 Å². The molecule has 1 N–H and O–H groups in total. The Morgan fingerprint density at radius 2 is 2.04 bits per heavy atom. The first-order chi connectivity index (χ1) is 13.1. The topological polar surface area (TPSA) is 51.2 Å². The van der Waals surface area contributed by atoms with E-state index in [2.05, 4.69) is 10.3 Å². The highest BCUT2D eigenvalue weighted by molar-refractivity contribution is 7.09. The van der Waals surface area contributed by atoms with Gasteiger partial charge in [0.15, 0.2) is 0 Å². The molecule has 27 heavy (non-hydrogen) atoms. The van der Waals surface area contributed by atoms with Crippen LogP contribution in [0.4, 0.5) is 4.39 Å². The summed E-state index contributed by atoms with van der Waals surface area (Å²) in [5.74, 6) is 0.442. The van der Waals surface area contributed by atoms with Crippen molar-refractivity contribution in [3.05, 3.63) is 81.6 Å². The maximum atomic E-state index is 13.1. The average Bonchev–Trinajstić information content (AvgIpc) is 3.08. The Morgan fingerprint density at radius 3 is 2.81 bits per heavy atom. The number of thiazole rings is 1. The van der Waals surface area contributed by atoms with Gasteiger partial charge in [0.05, 0.1) is 12.1 Å². The number of carbonyl (C=O) groups is 1. The summed E-state index contributed by atoms with van der Waals surface area (Å²) in [4.78, 5) is 16.5. The van der Waals surface area contributed by atoms with Crippen LogP contribution in [0.25, 0.3) is 0 Å². The normalized spacial score (nSPS) is 10.6. The van der Waals surface area contributed by atoms with Gasteiger partial charge in [-0.05, 0) is 43.2 Å². The second kappa shape index (κ2) is 9.28. The standard InChI is InChI=1S/C21H21FN2O2S/c1-15-5-7-19(8-6-15)26-13-21-24-18(14-27-21)12-20(25)23-10-9-16-3-2-4-17(22)11-16/h2-8,11,14H,9-10,12-13H2,1H3,(H,23,25). The zero-order valence-electron chi connectivity index (χ0n) is 15.1. The molecular weight excluding hydrogens is 363 g/mol. The van der Waals surface area contributed by atoms with Crippen LogP contribution in [0.15, 0.2) is 53.9 Å². The van der Waals surface area contributed by atoms with Gasteiger partial charge < -0.3 is 10.1 Å². The second-order valence-electron chi connectivity index (χ2n) is 6.24. The number of nitrogens with zero attached hydrogens (tertiary/aromatic N) is 1. The lowest BCUT2D eigenvalue weighted by atomic mass is 10.1. The van der Waals surface area contributed by atoms with E-state index in [-0.39, 0.29) is 18.1 Å². The maximum absolute atomic E-state index is 13.1.